The van der Waals surface area contributed by atoms with Crippen LogP contribution in [0.2, 0.25) is 0 Å². The van der Waals surface area contributed by atoms with Crippen LogP contribution in [0, 0.1) is 0 Å². The molecule has 88 valence electrons. The maximum atomic E-state index is 9.13. The molecular formula is C13H11BN2O2. The SMILES string of the molecule is OB(O)c1ccn2c(-c3ccccc3)cnc2c1. The Morgan fingerprint density at radius 2 is 1.83 bits per heavy atom. The standard InChI is InChI=1S/C13H11BN2O2/c17-14(18)11-6-7-16-12(9-15-13(16)8-11)10-4-2-1-3-5-10/h1-9,17-18H. The number of benzene rings is 1. The zero-order valence-corrected chi connectivity index (χ0v) is 9.56. The van der Waals surface area contributed by atoms with E-state index in [0.717, 1.165) is 11.3 Å². The third kappa shape index (κ3) is 1.79. The number of aromatic nitrogens is 2. The normalized spacial score (nSPS) is 10.8. The number of hydrogen-bond donors (Lipinski definition) is 2. The smallest absolute Gasteiger partial charge is 0.423 e. The Hall–Kier alpha value is -2.11. The molecule has 0 spiro atoms. The largest absolute Gasteiger partial charge is 0.488 e. The van der Waals surface area contributed by atoms with Gasteiger partial charge in [-0.2, -0.15) is 0 Å². The molecule has 2 N–H and O–H groups in total. The van der Waals surface area contributed by atoms with Crippen LogP contribution in [0.3, 0.4) is 0 Å². The lowest BCUT2D eigenvalue weighted by Crippen LogP contribution is -2.29. The van der Waals surface area contributed by atoms with E-state index < -0.39 is 7.12 Å². The summed E-state index contributed by atoms with van der Waals surface area (Å²) in [5.74, 6) is 0. The number of fused-ring (bicyclic) bond motifs is 1. The van der Waals surface area contributed by atoms with Crippen molar-refractivity contribution in [3.8, 4) is 11.3 Å². The van der Waals surface area contributed by atoms with Gasteiger partial charge in [-0.1, -0.05) is 30.3 Å². The second-order valence-electron chi connectivity index (χ2n) is 4.07. The van der Waals surface area contributed by atoms with Crippen molar-refractivity contribution in [2.24, 2.45) is 0 Å². The fourth-order valence-electron chi connectivity index (χ4n) is 1.98. The van der Waals surface area contributed by atoms with Gasteiger partial charge in [0.25, 0.3) is 0 Å². The minimum atomic E-state index is -1.47. The van der Waals surface area contributed by atoms with Crippen LogP contribution in [-0.4, -0.2) is 26.6 Å². The van der Waals surface area contributed by atoms with Crippen molar-refractivity contribution in [1.29, 1.82) is 0 Å². The molecule has 2 aromatic heterocycles. The monoisotopic (exact) mass is 238 g/mol. The zero-order chi connectivity index (χ0) is 12.5. The van der Waals surface area contributed by atoms with E-state index in [2.05, 4.69) is 4.98 Å². The maximum absolute atomic E-state index is 9.13. The number of imidazole rings is 1. The van der Waals surface area contributed by atoms with Crippen molar-refractivity contribution in [3.63, 3.8) is 0 Å². The van der Waals surface area contributed by atoms with E-state index in [4.69, 9.17) is 10.0 Å². The molecule has 0 fully saturated rings. The van der Waals surface area contributed by atoms with Crippen molar-refractivity contribution >= 4 is 18.2 Å². The Kier molecular flexibility index (Phi) is 2.62. The lowest BCUT2D eigenvalue weighted by Gasteiger charge is -2.03. The third-order valence-electron chi connectivity index (χ3n) is 2.90. The molecule has 4 nitrogen and oxygen atoms in total. The molecule has 0 saturated heterocycles. The van der Waals surface area contributed by atoms with Gasteiger partial charge in [-0.15, -0.1) is 0 Å². The summed E-state index contributed by atoms with van der Waals surface area (Å²) in [6.07, 6.45) is 3.57. The quantitative estimate of drug-likeness (QED) is 0.645. The first-order valence-corrected chi connectivity index (χ1v) is 5.64. The van der Waals surface area contributed by atoms with Crippen LogP contribution in [0.15, 0.2) is 54.9 Å². The Morgan fingerprint density at radius 1 is 1.06 bits per heavy atom. The van der Waals surface area contributed by atoms with Gasteiger partial charge in [-0.3, -0.25) is 4.40 Å². The number of hydrogen-bond acceptors (Lipinski definition) is 3. The van der Waals surface area contributed by atoms with Gasteiger partial charge in [0.1, 0.15) is 5.65 Å². The summed E-state index contributed by atoms with van der Waals surface area (Å²) in [6, 6.07) is 13.3. The number of rotatable bonds is 2. The molecule has 0 aliphatic heterocycles. The van der Waals surface area contributed by atoms with Crippen LogP contribution in [0.1, 0.15) is 0 Å². The van der Waals surface area contributed by atoms with Crippen LogP contribution < -0.4 is 5.46 Å². The zero-order valence-electron chi connectivity index (χ0n) is 9.56. The van der Waals surface area contributed by atoms with Crippen LogP contribution >= 0.6 is 0 Å². The summed E-state index contributed by atoms with van der Waals surface area (Å²) in [4.78, 5) is 4.28. The molecular weight excluding hydrogens is 227 g/mol. The summed E-state index contributed by atoms with van der Waals surface area (Å²) in [5, 5.41) is 18.3. The highest BCUT2D eigenvalue weighted by molar-refractivity contribution is 6.58. The van der Waals surface area contributed by atoms with Crippen molar-refractivity contribution < 1.29 is 10.0 Å². The average Bonchev–Trinajstić information content (AvgIpc) is 2.82. The van der Waals surface area contributed by atoms with Gasteiger partial charge in [-0.05, 0) is 17.6 Å². The van der Waals surface area contributed by atoms with Gasteiger partial charge in [0.15, 0.2) is 0 Å². The Labute approximate surface area is 104 Å². The Bertz CT molecular complexity index is 680. The first kappa shape index (κ1) is 11.0. The Morgan fingerprint density at radius 3 is 2.56 bits per heavy atom. The molecule has 0 unspecified atom stereocenters. The van der Waals surface area contributed by atoms with Gasteiger partial charge in [0, 0.05) is 11.8 Å². The summed E-state index contributed by atoms with van der Waals surface area (Å²) in [5.41, 5.74) is 3.18. The molecule has 5 heteroatoms. The molecule has 0 saturated carbocycles. The molecule has 0 bridgehead atoms. The molecule has 0 atom stereocenters. The third-order valence-corrected chi connectivity index (χ3v) is 2.90. The molecule has 0 amide bonds. The lowest BCUT2D eigenvalue weighted by molar-refractivity contribution is 0.426. The summed E-state index contributed by atoms with van der Waals surface area (Å²) in [6.45, 7) is 0. The van der Waals surface area contributed by atoms with Crippen molar-refractivity contribution in [1.82, 2.24) is 9.38 Å². The van der Waals surface area contributed by atoms with E-state index in [1.54, 1.807) is 24.5 Å². The fourth-order valence-corrected chi connectivity index (χ4v) is 1.98. The highest BCUT2D eigenvalue weighted by Crippen LogP contribution is 2.19. The van der Waals surface area contributed by atoms with Gasteiger partial charge < -0.3 is 10.0 Å². The molecule has 0 radical (unpaired) electrons. The predicted octanol–water partition coefficient (Wildman–Crippen LogP) is 0.681. The number of nitrogens with zero attached hydrogens (tertiary/aromatic N) is 2. The van der Waals surface area contributed by atoms with E-state index in [-0.39, 0.29) is 0 Å². The Balaban J connectivity index is 2.16. The second-order valence-corrected chi connectivity index (χ2v) is 4.07. The van der Waals surface area contributed by atoms with Crippen molar-refractivity contribution in [2.75, 3.05) is 0 Å². The topological polar surface area (TPSA) is 57.8 Å². The minimum Gasteiger partial charge on any atom is -0.423 e. The molecule has 18 heavy (non-hydrogen) atoms. The van der Waals surface area contributed by atoms with Gasteiger partial charge >= 0.3 is 7.12 Å². The average molecular weight is 238 g/mol. The molecule has 0 aliphatic carbocycles. The van der Waals surface area contributed by atoms with Gasteiger partial charge in [0.05, 0.1) is 11.9 Å². The molecule has 0 aliphatic rings. The number of pyridine rings is 1. The lowest BCUT2D eigenvalue weighted by atomic mass is 9.81. The van der Waals surface area contributed by atoms with Crippen molar-refractivity contribution in [3.05, 3.63) is 54.9 Å². The van der Waals surface area contributed by atoms with Crippen LogP contribution in [0.25, 0.3) is 16.9 Å². The fraction of sp³-hybridized carbons (Fsp3) is 0. The highest BCUT2D eigenvalue weighted by Gasteiger charge is 2.13. The van der Waals surface area contributed by atoms with Crippen molar-refractivity contribution in [2.45, 2.75) is 0 Å². The first-order chi connectivity index (χ1) is 8.75. The molecule has 2 heterocycles. The highest BCUT2D eigenvalue weighted by atomic mass is 16.4. The predicted molar refractivity (Wildman–Crippen MR) is 70.5 cm³/mol. The van der Waals surface area contributed by atoms with E-state index in [1.807, 2.05) is 34.7 Å². The van der Waals surface area contributed by atoms with Crippen LogP contribution in [-0.2, 0) is 0 Å². The van der Waals surface area contributed by atoms with Gasteiger partial charge in [-0.25, -0.2) is 4.98 Å². The summed E-state index contributed by atoms with van der Waals surface area (Å²) in [7, 11) is -1.47. The van der Waals surface area contributed by atoms with E-state index in [0.29, 0.717) is 11.1 Å². The van der Waals surface area contributed by atoms with Gasteiger partial charge in [0.2, 0.25) is 0 Å². The van der Waals surface area contributed by atoms with E-state index in [1.165, 1.54) is 0 Å². The minimum absolute atomic E-state index is 0.438. The summed E-state index contributed by atoms with van der Waals surface area (Å²) >= 11 is 0. The van der Waals surface area contributed by atoms with Crippen LogP contribution in [0.4, 0.5) is 0 Å². The van der Waals surface area contributed by atoms with E-state index in [9.17, 15) is 0 Å². The first-order valence-electron chi connectivity index (χ1n) is 5.64. The van der Waals surface area contributed by atoms with E-state index >= 15 is 0 Å². The molecule has 3 rings (SSSR count). The summed E-state index contributed by atoms with van der Waals surface area (Å²) < 4.78 is 1.92. The molecule has 1 aromatic carbocycles. The molecule has 3 aromatic rings. The second kappa shape index (κ2) is 4.29. The van der Waals surface area contributed by atoms with Crippen LogP contribution in [0.5, 0.6) is 0 Å². The maximum Gasteiger partial charge on any atom is 0.488 e.